The van der Waals surface area contributed by atoms with Gasteiger partial charge in [-0.05, 0) is 69.2 Å². The van der Waals surface area contributed by atoms with Crippen molar-refractivity contribution in [3.63, 3.8) is 0 Å². The van der Waals surface area contributed by atoms with Crippen LogP contribution in [0.1, 0.15) is 30.6 Å². The molecule has 4 nitrogen and oxygen atoms in total. The van der Waals surface area contributed by atoms with Gasteiger partial charge in [-0.25, -0.2) is 0 Å². The molecule has 0 radical (unpaired) electrons. The first-order chi connectivity index (χ1) is 8.76. The Labute approximate surface area is 140 Å². The summed E-state index contributed by atoms with van der Waals surface area (Å²) in [6.45, 7) is 4.49. The van der Waals surface area contributed by atoms with E-state index < -0.39 is 0 Å². The Morgan fingerprint density at radius 3 is 2.58 bits per heavy atom. The van der Waals surface area contributed by atoms with Gasteiger partial charge in [0.25, 0.3) is 5.91 Å². The molecule has 0 saturated heterocycles. The van der Waals surface area contributed by atoms with E-state index in [0.717, 1.165) is 3.57 Å². The van der Waals surface area contributed by atoms with Gasteiger partial charge in [-0.1, -0.05) is 13.8 Å². The molecule has 0 fully saturated rings. The van der Waals surface area contributed by atoms with Gasteiger partial charge in [0.2, 0.25) is 0 Å². The predicted molar refractivity (Wildman–Crippen MR) is 91.4 cm³/mol. The van der Waals surface area contributed by atoms with Crippen LogP contribution in [0.2, 0.25) is 0 Å². The Morgan fingerprint density at radius 1 is 1.37 bits per heavy atom. The van der Waals surface area contributed by atoms with Crippen LogP contribution in [-0.2, 0) is 0 Å². The fourth-order valence-electron chi connectivity index (χ4n) is 1.54. The van der Waals surface area contributed by atoms with E-state index in [0.29, 0.717) is 16.5 Å². The summed E-state index contributed by atoms with van der Waals surface area (Å²) in [4.78, 5) is 12.1. The Bertz CT molecular complexity index is 475. The van der Waals surface area contributed by atoms with Crippen molar-refractivity contribution < 1.29 is 15.0 Å². The molecule has 0 bridgehead atoms. The molecule has 6 heteroatoms. The summed E-state index contributed by atoms with van der Waals surface area (Å²) in [5.41, 5.74) is 0.117. The standard InChI is InChI=1S/C13H17I2NO3/c1-13(2,3-4-17)7-16-12(19)9-5-8(14)6-10(15)11(9)18/h5-6,17-18H,3-4,7H2,1-2H3,(H,16,19). The van der Waals surface area contributed by atoms with Gasteiger partial charge in [-0.2, -0.15) is 0 Å². The van der Waals surface area contributed by atoms with Gasteiger partial charge in [0, 0.05) is 16.7 Å². The molecule has 1 amide bonds. The smallest absolute Gasteiger partial charge is 0.255 e. The lowest BCUT2D eigenvalue weighted by Crippen LogP contribution is -2.34. The van der Waals surface area contributed by atoms with E-state index in [-0.39, 0.29) is 29.2 Å². The van der Waals surface area contributed by atoms with Gasteiger partial charge in [0.05, 0.1) is 9.13 Å². The third-order valence-corrected chi connectivity index (χ3v) is 4.23. The van der Waals surface area contributed by atoms with Crippen molar-refractivity contribution in [2.75, 3.05) is 13.2 Å². The maximum atomic E-state index is 12.1. The number of nitrogens with one attached hydrogen (secondary N) is 1. The minimum Gasteiger partial charge on any atom is -0.506 e. The molecule has 0 aliphatic rings. The topological polar surface area (TPSA) is 69.6 Å². The minimum atomic E-state index is -0.292. The summed E-state index contributed by atoms with van der Waals surface area (Å²) in [7, 11) is 0. The van der Waals surface area contributed by atoms with Crippen molar-refractivity contribution in [2.45, 2.75) is 20.3 Å². The third-order valence-electron chi connectivity index (χ3n) is 2.79. The van der Waals surface area contributed by atoms with Crippen LogP contribution in [0.5, 0.6) is 5.75 Å². The van der Waals surface area contributed by atoms with Crippen molar-refractivity contribution in [3.8, 4) is 5.75 Å². The second kappa shape index (κ2) is 7.07. The molecule has 19 heavy (non-hydrogen) atoms. The molecule has 0 atom stereocenters. The molecular formula is C13H17I2NO3. The van der Waals surface area contributed by atoms with Crippen LogP contribution in [0.15, 0.2) is 12.1 Å². The van der Waals surface area contributed by atoms with Crippen LogP contribution in [0.4, 0.5) is 0 Å². The van der Waals surface area contributed by atoms with E-state index in [1.807, 2.05) is 42.5 Å². The second-order valence-electron chi connectivity index (χ2n) is 5.10. The molecule has 3 N–H and O–H groups in total. The van der Waals surface area contributed by atoms with Crippen LogP contribution in [0, 0.1) is 12.6 Å². The number of aromatic hydroxyl groups is 1. The molecule has 0 aliphatic carbocycles. The highest BCUT2D eigenvalue weighted by Gasteiger charge is 2.20. The summed E-state index contributed by atoms with van der Waals surface area (Å²) in [6, 6.07) is 3.47. The van der Waals surface area contributed by atoms with Crippen molar-refractivity contribution >= 4 is 51.1 Å². The van der Waals surface area contributed by atoms with Crippen LogP contribution >= 0.6 is 45.2 Å². The van der Waals surface area contributed by atoms with E-state index in [4.69, 9.17) is 5.11 Å². The highest BCUT2D eigenvalue weighted by atomic mass is 127. The quantitative estimate of drug-likeness (QED) is 0.558. The Hall–Kier alpha value is -0.0900. The van der Waals surface area contributed by atoms with Gasteiger partial charge >= 0.3 is 0 Å². The van der Waals surface area contributed by atoms with Crippen LogP contribution in [-0.4, -0.2) is 29.3 Å². The normalized spacial score (nSPS) is 11.4. The Morgan fingerprint density at radius 2 is 2.00 bits per heavy atom. The molecule has 1 rings (SSSR count). The lowest BCUT2D eigenvalue weighted by Gasteiger charge is -2.24. The number of benzene rings is 1. The van der Waals surface area contributed by atoms with Crippen molar-refractivity contribution in [2.24, 2.45) is 5.41 Å². The van der Waals surface area contributed by atoms with Crippen LogP contribution < -0.4 is 5.32 Å². The number of carbonyl (C=O) groups excluding carboxylic acids is 1. The Balaban J connectivity index is 2.80. The second-order valence-corrected chi connectivity index (χ2v) is 7.51. The third kappa shape index (κ3) is 5.07. The first-order valence-corrected chi connectivity index (χ1v) is 7.99. The maximum Gasteiger partial charge on any atom is 0.255 e. The summed E-state index contributed by atoms with van der Waals surface area (Å²) < 4.78 is 1.56. The minimum absolute atomic E-state index is 0.0125. The van der Waals surface area contributed by atoms with Gasteiger partial charge in [-0.3, -0.25) is 4.79 Å². The van der Waals surface area contributed by atoms with Gasteiger partial charge < -0.3 is 15.5 Å². The summed E-state index contributed by atoms with van der Waals surface area (Å²) in [5.74, 6) is -0.279. The number of carbonyl (C=O) groups is 1. The monoisotopic (exact) mass is 489 g/mol. The molecule has 0 aromatic heterocycles. The number of phenols is 1. The van der Waals surface area contributed by atoms with Gasteiger partial charge in [-0.15, -0.1) is 0 Å². The van der Waals surface area contributed by atoms with Crippen molar-refractivity contribution in [1.82, 2.24) is 5.32 Å². The van der Waals surface area contributed by atoms with Crippen molar-refractivity contribution in [3.05, 3.63) is 24.8 Å². The maximum absolute atomic E-state index is 12.1. The zero-order valence-corrected chi connectivity index (χ0v) is 15.1. The number of hydrogen-bond acceptors (Lipinski definition) is 3. The van der Waals surface area contributed by atoms with E-state index >= 15 is 0 Å². The molecule has 0 aliphatic heterocycles. The van der Waals surface area contributed by atoms with Crippen molar-refractivity contribution in [1.29, 1.82) is 0 Å². The predicted octanol–water partition coefficient (Wildman–Crippen LogP) is 2.74. The average Bonchev–Trinajstić information content (AvgIpc) is 2.31. The molecule has 1 aromatic rings. The Kier molecular flexibility index (Phi) is 6.31. The van der Waals surface area contributed by atoms with Gasteiger partial charge in [0.15, 0.2) is 0 Å². The number of halogens is 2. The van der Waals surface area contributed by atoms with Gasteiger partial charge in [0.1, 0.15) is 5.75 Å². The van der Waals surface area contributed by atoms with E-state index in [9.17, 15) is 9.90 Å². The van der Waals surface area contributed by atoms with Crippen LogP contribution in [0.3, 0.4) is 0 Å². The molecule has 0 spiro atoms. The fourth-order valence-corrected chi connectivity index (χ4v) is 3.39. The van der Waals surface area contributed by atoms with E-state index in [1.165, 1.54) is 0 Å². The largest absolute Gasteiger partial charge is 0.506 e. The lowest BCUT2D eigenvalue weighted by molar-refractivity contribution is 0.0925. The first-order valence-electron chi connectivity index (χ1n) is 5.84. The molecule has 0 saturated carbocycles. The summed E-state index contributed by atoms with van der Waals surface area (Å²) >= 11 is 4.11. The number of aliphatic hydroxyl groups excluding tert-OH is 1. The van der Waals surface area contributed by atoms with Crippen LogP contribution in [0.25, 0.3) is 0 Å². The molecule has 1 aromatic carbocycles. The first kappa shape index (κ1) is 17.0. The highest BCUT2D eigenvalue weighted by molar-refractivity contribution is 14.1. The molecular weight excluding hydrogens is 472 g/mol. The average molecular weight is 489 g/mol. The molecule has 106 valence electrons. The SMILES string of the molecule is CC(C)(CCO)CNC(=O)c1cc(I)cc(I)c1O. The number of amides is 1. The number of hydrogen-bond donors (Lipinski definition) is 3. The molecule has 0 unspecified atom stereocenters. The molecule has 0 heterocycles. The zero-order chi connectivity index (χ0) is 14.6. The number of phenolic OH excluding ortho intramolecular Hbond substituents is 1. The number of rotatable bonds is 5. The van der Waals surface area contributed by atoms with E-state index in [1.54, 1.807) is 6.07 Å². The lowest BCUT2D eigenvalue weighted by atomic mass is 9.89. The summed E-state index contributed by atoms with van der Waals surface area (Å²) in [5, 5.41) is 21.7. The van der Waals surface area contributed by atoms with E-state index in [2.05, 4.69) is 27.9 Å². The summed E-state index contributed by atoms with van der Waals surface area (Å²) in [6.07, 6.45) is 0.614. The zero-order valence-electron chi connectivity index (χ0n) is 10.8. The number of aliphatic hydroxyl groups is 1. The highest BCUT2D eigenvalue weighted by Crippen LogP contribution is 2.27. The fraction of sp³-hybridized carbons (Fsp3) is 0.462.